The number of piperidine rings is 1. The second-order valence-corrected chi connectivity index (χ2v) is 7.23. The molecule has 3 amide bonds. The molecule has 0 radical (unpaired) electrons. The Morgan fingerprint density at radius 1 is 1.27 bits per heavy atom. The third-order valence-electron chi connectivity index (χ3n) is 4.97. The smallest absolute Gasteiger partial charge is 0.317 e. The molecule has 0 aliphatic carbocycles. The van der Waals surface area contributed by atoms with E-state index in [1.807, 2.05) is 13.8 Å². The number of amides is 3. The SMILES string of the molecule is CC(C)N1C[C@@H](NC(=O)N2CCC(Oc3ccccc3F)CC2)CC1=O. The molecule has 2 fully saturated rings. The standard InChI is InChI=1S/C19H26FN3O3/c1-13(2)23-12-14(11-18(23)24)21-19(25)22-9-7-15(8-10-22)26-17-6-4-3-5-16(17)20/h3-6,13-15H,7-12H2,1-2H3,(H,21,25)/t14-/m0/s1. The van der Waals surface area contributed by atoms with Gasteiger partial charge in [-0.3, -0.25) is 4.79 Å². The highest BCUT2D eigenvalue weighted by molar-refractivity contribution is 5.82. The summed E-state index contributed by atoms with van der Waals surface area (Å²) < 4.78 is 19.4. The molecule has 0 bridgehead atoms. The molecule has 2 heterocycles. The Kier molecular flexibility index (Phi) is 5.64. The summed E-state index contributed by atoms with van der Waals surface area (Å²) in [6.45, 7) is 5.62. The Morgan fingerprint density at radius 3 is 2.58 bits per heavy atom. The molecule has 0 saturated carbocycles. The molecule has 0 aromatic heterocycles. The summed E-state index contributed by atoms with van der Waals surface area (Å²) in [5.41, 5.74) is 0. The number of para-hydroxylation sites is 1. The zero-order valence-electron chi connectivity index (χ0n) is 15.3. The van der Waals surface area contributed by atoms with Gasteiger partial charge in [0.05, 0.1) is 6.04 Å². The summed E-state index contributed by atoms with van der Waals surface area (Å²) in [7, 11) is 0. The lowest BCUT2D eigenvalue weighted by Gasteiger charge is -2.33. The maximum Gasteiger partial charge on any atom is 0.317 e. The molecule has 1 N–H and O–H groups in total. The molecule has 2 aliphatic heterocycles. The summed E-state index contributed by atoms with van der Waals surface area (Å²) in [6.07, 6.45) is 1.57. The number of likely N-dealkylation sites (tertiary alicyclic amines) is 2. The first-order valence-electron chi connectivity index (χ1n) is 9.20. The van der Waals surface area contributed by atoms with Crippen LogP contribution < -0.4 is 10.1 Å². The lowest BCUT2D eigenvalue weighted by Crippen LogP contribution is -2.50. The third-order valence-corrected chi connectivity index (χ3v) is 4.97. The number of nitrogens with zero attached hydrogens (tertiary/aromatic N) is 2. The van der Waals surface area contributed by atoms with Gasteiger partial charge in [0.25, 0.3) is 0 Å². The highest BCUT2D eigenvalue weighted by Gasteiger charge is 2.33. The van der Waals surface area contributed by atoms with Crippen LogP contribution in [0.5, 0.6) is 5.75 Å². The molecular formula is C19H26FN3O3. The van der Waals surface area contributed by atoms with Crippen molar-refractivity contribution >= 4 is 11.9 Å². The van der Waals surface area contributed by atoms with Gasteiger partial charge in [-0.1, -0.05) is 12.1 Å². The number of ether oxygens (including phenoxy) is 1. The van der Waals surface area contributed by atoms with E-state index in [0.29, 0.717) is 38.9 Å². The molecule has 7 heteroatoms. The molecule has 1 aromatic carbocycles. The number of hydrogen-bond acceptors (Lipinski definition) is 3. The summed E-state index contributed by atoms with van der Waals surface area (Å²) in [6, 6.07) is 6.24. The Balaban J connectivity index is 1.45. The topological polar surface area (TPSA) is 61.9 Å². The number of rotatable bonds is 4. The number of urea groups is 1. The molecule has 2 aliphatic rings. The molecule has 3 rings (SSSR count). The normalized spacial score (nSPS) is 21.4. The summed E-state index contributed by atoms with van der Waals surface area (Å²) in [4.78, 5) is 27.9. The van der Waals surface area contributed by atoms with E-state index in [2.05, 4.69) is 5.32 Å². The maximum absolute atomic E-state index is 13.7. The fourth-order valence-electron chi connectivity index (χ4n) is 3.49. The van der Waals surface area contributed by atoms with Gasteiger partial charge in [-0.25, -0.2) is 9.18 Å². The zero-order valence-corrected chi connectivity index (χ0v) is 15.3. The van der Waals surface area contributed by atoms with Gasteiger partial charge in [-0.2, -0.15) is 0 Å². The third kappa shape index (κ3) is 4.26. The molecule has 1 atom stereocenters. The largest absolute Gasteiger partial charge is 0.487 e. The van der Waals surface area contributed by atoms with Crippen LogP contribution in [0.15, 0.2) is 24.3 Å². The van der Waals surface area contributed by atoms with Crippen LogP contribution in [0.2, 0.25) is 0 Å². The van der Waals surface area contributed by atoms with Crippen LogP contribution in [0, 0.1) is 5.82 Å². The quantitative estimate of drug-likeness (QED) is 0.893. The van der Waals surface area contributed by atoms with E-state index in [1.54, 1.807) is 28.0 Å². The van der Waals surface area contributed by atoms with Gasteiger partial charge in [0.15, 0.2) is 11.6 Å². The minimum absolute atomic E-state index is 0.0855. The van der Waals surface area contributed by atoms with E-state index in [0.717, 1.165) is 0 Å². The van der Waals surface area contributed by atoms with E-state index in [-0.39, 0.29) is 41.7 Å². The van der Waals surface area contributed by atoms with E-state index in [9.17, 15) is 14.0 Å². The van der Waals surface area contributed by atoms with E-state index < -0.39 is 0 Å². The maximum atomic E-state index is 13.7. The summed E-state index contributed by atoms with van der Waals surface area (Å²) >= 11 is 0. The minimum Gasteiger partial charge on any atom is -0.487 e. The van der Waals surface area contributed by atoms with Crippen molar-refractivity contribution in [1.82, 2.24) is 15.1 Å². The predicted molar refractivity (Wildman–Crippen MR) is 95.4 cm³/mol. The van der Waals surface area contributed by atoms with Gasteiger partial charge >= 0.3 is 6.03 Å². The van der Waals surface area contributed by atoms with Crippen LogP contribution in [-0.2, 0) is 4.79 Å². The van der Waals surface area contributed by atoms with Gasteiger partial charge < -0.3 is 19.9 Å². The van der Waals surface area contributed by atoms with Crippen molar-refractivity contribution in [3.8, 4) is 5.75 Å². The van der Waals surface area contributed by atoms with E-state index in [1.165, 1.54) is 6.07 Å². The molecule has 142 valence electrons. The minimum atomic E-state index is -0.367. The Bertz CT molecular complexity index is 659. The number of nitrogens with one attached hydrogen (secondary N) is 1. The second kappa shape index (κ2) is 7.93. The van der Waals surface area contributed by atoms with Crippen molar-refractivity contribution in [2.75, 3.05) is 19.6 Å². The van der Waals surface area contributed by atoms with Crippen LogP contribution in [0.1, 0.15) is 33.1 Å². The lowest BCUT2D eigenvalue weighted by molar-refractivity contribution is -0.129. The molecule has 0 spiro atoms. The molecule has 1 aromatic rings. The van der Waals surface area contributed by atoms with Crippen LogP contribution in [0.4, 0.5) is 9.18 Å². The second-order valence-electron chi connectivity index (χ2n) is 7.23. The van der Waals surface area contributed by atoms with Gasteiger partial charge in [0.1, 0.15) is 6.10 Å². The first-order chi connectivity index (χ1) is 12.4. The van der Waals surface area contributed by atoms with Crippen molar-refractivity contribution in [2.45, 2.75) is 51.3 Å². The van der Waals surface area contributed by atoms with Crippen molar-refractivity contribution in [3.63, 3.8) is 0 Å². The van der Waals surface area contributed by atoms with Crippen molar-refractivity contribution in [1.29, 1.82) is 0 Å². The fraction of sp³-hybridized carbons (Fsp3) is 0.579. The molecule has 6 nitrogen and oxygen atoms in total. The average Bonchev–Trinajstić information content (AvgIpc) is 2.98. The first-order valence-corrected chi connectivity index (χ1v) is 9.20. The molecule has 2 saturated heterocycles. The molecule has 26 heavy (non-hydrogen) atoms. The summed E-state index contributed by atoms with van der Waals surface area (Å²) in [5.74, 6) is -0.0239. The lowest BCUT2D eigenvalue weighted by atomic mass is 10.1. The number of halogens is 1. The van der Waals surface area contributed by atoms with Crippen LogP contribution in [-0.4, -0.2) is 59.6 Å². The van der Waals surface area contributed by atoms with Gasteiger partial charge in [0, 0.05) is 44.9 Å². The number of carbonyl (C=O) groups is 2. The highest BCUT2D eigenvalue weighted by Crippen LogP contribution is 2.22. The average molecular weight is 363 g/mol. The van der Waals surface area contributed by atoms with E-state index in [4.69, 9.17) is 4.74 Å². The van der Waals surface area contributed by atoms with Crippen molar-refractivity contribution in [3.05, 3.63) is 30.1 Å². The van der Waals surface area contributed by atoms with Crippen LogP contribution in [0.25, 0.3) is 0 Å². The van der Waals surface area contributed by atoms with Crippen molar-refractivity contribution < 1.29 is 18.7 Å². The zero-order chi connectivity index (χ0) is 18.7. The Hall–Kier alpha value is -2.31. The number of carbonyl (C=O) groups excluding carboxylic acids is 2. The molecule has 0 unspecified atom stereocenters. The fourth-order valence-corrected chi connectivity index (χ4v) is 3.49. The Morgan fingerprint density at radius 2 is 1.96 bits per heavy atom. The van der Waals surface area contributed by atoms with Crippen molar-refractivity contribution in [2.24, 2.45) is 0 Å². The molecular weight excluding hydrogens is 337 g/mol. The van der Waals surface area contributed by atoms with Gasteiger partial charge in [-0.05, 0) is 26.0 Å². The highest BCUT2D eigenvalue weighted by atomic mass is 19.1. The van der Waals surface area contributed by atoms with Crippen LogP contribution >= 0.6 is 0 Å². The van der Waals surface area contributed by atoms with Crippen LogP contribution in [0.3, 0.4) is 0 Å². The number of benzene rings is 1. The monoisotopic (exact) mass is 363 g/mol. The first kappa shape index (κ1) is 18.5. The summed E-state index contributed by atoms with van der Waals surface area (Å²) in [5, 5.41) is 2.96. The Labute approximate surface area is 153 Å². The van der Waals surface area contributed by atoms with Gasteiger partial charge in [0.2, 0.25) is 5.91 Å². The number of hydrogen-bond donors (Lipinski definition) is 1. The van der Waals surface area contributed by atoms with E-state index >= 15 is 0 Å². The van der Waals surface area contributed by atoms with Gasteiger partial charge in [-0.15, -0.1) is 0 Å². The predicted octanol–water partition coefficient (Wildman–Crippen LogP) is 2.39.